The fourth-order valence-corrected chi connectivity index (χ4v) is 4.20. The average Bonchev–Trinajstić information content (AvgIpc) is 2.69. The lowest BCUT2D eigenvalue weighted by molar-refractivity contribution is 0.294. The van der Waals surface area contributed by atoms with Crippen molar-refractivity contribution in [2.24, 2.45) is 5.92 Å². The van der Waals surface area contributed by atoms with Crippen molar-refractivity contribution < 1.29 is 13.5 Å². The minimum atomic E-state index is -0.885. The van der Waals surface area contributed by atoms with Gasteiger partial charge in [-0.25, -0.2) is 4.39 Å². The van der Waals surface area contributed by atoms with Gasteiger partial charge in [0, 0.05) is 5.54 Å². The highest BCUT2D eigenvalue weighted by atomic mass is 35.5. The third-order valence-corrected chi connectivity index (χ3v) is 5.93. The van der Waals surface area contributed by atoms with Crippen LogP contribution in [-0.4, -0.2) is 6.61 Å². The molecule has 2 rings (SSSR count). The molecule has 0 saturated heterocycles. The van der Waals surface area contributed by atoms with Crippen LogP contribution in [0.15, 0.2) is 23.7 Å². The van der Waals surface area contributed by atoms with Crippen molar-refractivity contribution in [1.82, 2.24) is 0 Å². The summed E-state index contributed by atoms with van der Waals surface area (Å²) in [5, 5.41) is 0. The summed E-state index contributed by atoms with van der Waals surface area (Å²) in [7, 11) is 0. The maximum atomic E-state index is 14.5. The number of halogens is 3. The summed E-state index contributed by atoms with van der Waals surface area (Å²) in [4.78, 5) is 0. The van der Waals surface area contributed by atoms with E-state index >= 15 is 0 Å². The van der Waals surface area contributed by atoms with Gasteiger partial charge in [0.1, 0.15) is 6.61 Å². The Labute approximate surface area is 168 Å². The van der Waals surface area contributed by atoms with Gasteiger partial charge < -0.3 is 4.74 Å². The molecule has 27 heavy (non-hydrogen) atoms. The molecule has 152 valence electrons. The molecule has 0 bridgehead atoms. The van der Waals surface area contributed by atoms with Crippen LogP contribution in [0.1, 0.15) is 89.0 Å². The third-order valence-electron chi connectivity index (χ3n) is 5.75. The van der Waals surface area contributed by atoms with Crippen molar-refractivity contribution in [3.63, 3.8) is 0 Å². The Hall–Kier alpha value is -1.09. The zero-order valence-electron chi connectivity index (χ0n) is 16.5. The molecule has 0 spiro atoms. The van der Waals surface area contributed by atoms with Crippen molar-refractivity contribution in [3.8, 4) is 5.75 Å². The first-order chi connectivity index (χ1) is 13.2. The topological polar surface area (TPSA) is 9.23 Å². The highest BCUT2D eigenvalue weighted by Gasteiger charge is 2.26. The molecule has 1 aliphatic rings. The Bertz CT molecular complexity index is 580. The molecule has 0 unspecified atom stereocenters. The van der Waals surface area contributed by atoms with Gasteiger partial charge in [0.15, 0.2) is 11.6 Å². The van der Waals surface area contributed by atoms with E-state index in [2.05, 4.69) is 6.92 Å². The van der Waals surface area contributed by atoms with Gasteiger partial charge in [0.05, 0.1) is 0 Å². The molecule has 1 aliphatic carbocycles. The first kappa shape index (κ1) is 22.2. The zero-order chi connectivity index (χ0) is 19.5. The number of benzene rings is 1. The number of unbranched alkanes of at least 4 members (excludes halogenated alkanes) is 5. The van der Waals surface area contributed by atoms with Crippen molar-refractivity contribution in [3.05, 3.63) is 40.9 Å². The van der Waals surface area contributed by atoms with Gasteiger partial charge in [0.2, 0.25) is 5.82 Å². The van der Waals surface area contributed by atoms with Crippen LogP contribution in [-0.2, 0) is 0 Å². The smallest absolute Gasteiger partial charge is 0.200 e. The third kappa shape index (κ3) is 7.10. The van der Waals surface area contributed by atoms with Crippen LogP contribution in [0.4, 0.5) is 8.78 Å². The second-order valence-corrected chi connectivity index (χ2v) is 7.98. The molecule has 1 nitrogen and oxygen atoms in total. The normalized spacial score (nSPS) is 20.3. The minimum absolute atomic E-state index is 0.0530. The van der Waals surface area contributed by atoms with Crippen LogP contribution in [0.2, 0.25) is 0 Å². The molecule has 1 saturated carbocycles. The fraction of sp³-hybridized carbons (Fsp3) is 0.652. The van der Waals surface area contributed by atoms with Crippen molar-refractivity contribution >= 4 is 11.6 Å². The summed E-state index contributed by atoms with van der Waals surface area (Å²) in [6.07, 6.45) is 15.0. The summed E-state index contributed by atoms with van der Waals surface area (Å²) >= 11 is 5.41. The van der Waals surface area contributed by atoms with E-state index in [0.29, 0.717) is 5.56 Å². The first-order valence-corrected chi connectivity index (χ1v) is 11.0. The largest absolute Gasteiger partial charge is 0.486 e. The number of ether oxygens (including phenoxy) is 1. The Morgan fingerprint density at radius 2 is 1.70 bits per heavy atom. The fourth-order valence-electron chi connectivity index (χ4n) is 4.12. The lowest BCUT2D eigenvalue weighted by Crippen LogP contribution is -2.15. The molecule has 0 N–H and O–H groups in total. The molecule has 0 radical (unpaired) electrons. The molecule has 0 atom stereocenters. The van der Waals surface area contributed by atoms with Crippen LogP contribution in [0.25, 0.3) is 0 Å². The van der Waals surface area contributed by atoms with Gasteiger partial charge in [-0.1, -0.05) is 69.5 Å². The van der Waals surface area contributed by atoms with Gasteiger partial charge in [-0.2, -0.15) is 4.39 Å². The van der Waals surface area contributed by atoms with E-state index < -0.39 is 11.6 Å². The van der Waals surface area contributed by atoms with Crippen molar-refractivity contribution in [2.75, 3.05) is 6.61 Å². The monoisotopic (exact) mass is 398 g/mol. The average molecular weight is 399 g/mol. The minimum Gasteiger partial charge on any atom is -0.486 e. The van der Waals surface area contributed by atoms with Crippen LogP contribution >= 0.6 is 11.6 Å². The Morgan fingerprint density at radius 3 is 2.41 bits per heavy atom. The van der Waals surface area contributed by atoms with Crippen molar-refractivity contribution in [1.29, 1.82) is 0 Å². The molecule has 4 heteroatoms. The SMILES string of the molecule is CCCCCCCCC1CCC(c2ccc(OC/C=C/Cl)c(F)c2F)CC1. The first-order valence-electron chi connectivity index (χ1n) is 10.5. The van der Waals surface area contributed by atoms with Crippen molar-refractivity contribution in [2.45, 2.75) is 83.5 Å². The van der Waals surface area contributed by atoms with E-state index in [-0.39, 0.29) is 18.3 Å². The van der Waals surface area contributed by atoms with Gasteiger partial charge in [-0.05, 0) is 55.2 Å². The summed E-state index contributed by atoms with van der Waals surface area (Å²) in [5.41, 5.74) is 1.80. The maximum absolute atomic E-state index is 14.5. The highest BCUT2D eigenvalue weighted by molar-refractivity contribution is 6.25. The summed E-state index contributed by atoms with van der Waals surface area (Å²) in [5.74, 6) is -0.809. The van der Waals surface area contributed by atoms with Crippen LogP contribution < -0.4 is 4.74 Å². The molecule has 0 amide bonds. The zero-order valence-corrected chi connectivity index (χ0v) is 17.2. The van der Waals surface area contributed by atoms with E-state index in [1.807, 2.05) is 0 Å². The molecular weight excluding hydrogens is 366 g/mol. The van der Waals surface area contributed by atoms with E-state index in [0.717, 1.165) is 31.6 Å². The van der Waals surface area contributed by atoms with Gasteiger partial charge >= 0.3 is 0 Å². The summed E-state index contributed by atoms with van der Waals surface area (Å²) < 4.78 is 34.0. The van der Waals surface area contributed by atoms with E-state index in [1.54, 1.807) is 6.07 Å². The molecule has 0 aromatic heterocycles. The molecular formula is C23H33ClF2O. The lowest BCUT2D eigenvalue weighted by atomic mass is 9.77. The van der Waals surface area contributed by atoms with Gasteiger partial charge in [0.25, 0.3) is 0 Å². The molecule has 1 aromatic rings. The van der Waals surface area contributed by atoms with E-state index in [4.69, 9.17) is 16.3 Å². The maximum Gasteiger partial charge on any atom is 0.200 e. The second-order valence-electron chi connectivity index (χ2n) is 7.73. The molecule has 0 aliphatic heterocycles. The number of hydrogen-bond donors (Lipinski definition) is 0. The van der Waals surface area contributed by atoms with E-state index in [9.17, 15) is 8.78 Å². The number of rotatable bonds is 11. The van der Waals surface area contributed by atoms with Gasteiger partial charge in [-0.3, -0.25) is 0 Å². The predicted octanol–water partition coefficient (Wildman–Crippen LogP) is 8.12. The Balaban J connectivity index is 1.79. The molecule has 1 fully saturated rings. The highest BCUT2D eigenvalue weighted by Crippen LogP contribution is 2.40. The molecule has 0 heterocycles. The van der Waals surface area contributed by atoms with Crippen LogP contribution in [0.5, 0.6) is 5.75 Å². The van der Waals surface area contributed by atoms with E-state index in [1.165, 1.54) is 62.6 Å². The lowest BCUT2D eigenvalue weighted by Gasteiger charge is -2.29. The number of hydrogen-bond acceptors (Lipinski definition) is 1. The summed E-state index contributed by atoms with van der Waals surface area (Å²) in [6, 6.07) is 3.23. The second kappa shape index (κ2) is 12.4. The quantitative estimate of drug-likeness (QED) is 0.342. The van der Waals surface area contributed by atoms with Gasteiger partial charge in [-0.15, -0.1) is 0 Å². The van der Waals surface area contributed by atoms with Crippen LogP contribution in [0, 0.1) is 17.6 Å². The standard InChI is InChI=1S/C23H33ClF2O/c1-2-3-4-5-6-7-9-18-10-12-19(13-11-18)20-14-15-21(23(26)22(20)25)27-17-8-16-24/h8,14-16,18-19H,2-7,9-13,17H2,1H3/b16-8+. The van der Waals surface area contributed by atoms with Crippen LogP contribution in [0.3, 0.4) is 0 Å². The predicted molar refractivity (Wildman–Crippen MR) is 110 cm³/mol. The summed E-state index contributed by atoms with van der Waals surface area (Å²) in [6.45, 7) is 2.37. The Kier molecular flexibility index (Phi) is 10.2. The Morgan fingerprint density at radius 1 is 1.00 bits per heavy atom. The molecule has 1 aromatic carbocycles.